The lowest BCUT2D eigenvalue weighted by Gasteiger charge is -2.32. The molecular weight excluding hydrogens is 248 g/mol. The van der Waals surface area contributed by atoms with E-state index in [0.29, 0.717) is 26.2 Å². The van der Waals surface area contributed by atoms with Gasteiger partial charge >= 0.3 is 6.09 Å². The topological polar surface area (TPSA) is 94.6 Å². The Morgan fingerprint density at radius 3 is 3.11 bits per heavy atom. The number of carboxylic acid groups (broad SMARTS) is 1. The summed E-state index contributed by atoms with van der Waals surface area (Å²) in [6.07, 6.45) is 2.25. The van der Waals surface area contributed by atoms with Gasteiger partial charge < -0.3 is 15.7 Å². The summed E-state index contributed by atoms with van der Waals surface area (Å²) in [6.45, 7) is 1.57. The van der Waals surface area contributed by atoms with Crippen LogP contribution in [0.1, 0.15) is 5.56 Å². The predicted molar refractivity (Wildman–Crippen MR) is 67.5 cm³/mol. The first kappa shape index (κ1) is 13.3. The number of rotatable bonds is 3. The summed E-state index contributed by atoms with van der Waals surface area (Å²) in [5.41, 5.74) is 0.876. The van der Waals surface area contributed by atoms with Crippen molar-refractivity contribution in [1.82, 2.24) is 20.5 Å². The molecule has 0 radical (unpaired) electrons. The number of pyridine rings is 1. The third-order valence-corrected chi connectivity index (χ3v) is 2.98. The summed E-state index contributed by atoms with van der Waals surface area (Å²) >= 11 is 0. The van der Waals surface area contributed by atoms with Crippen LogP contribution in [-0.4, -0.2) is 52.7 Å². The molecule has 1 unspecified atom stereocenters. The number of nitrogens with zero attached hydrogens (tertiary/aromatic N) is 2. The Morgan fingerprint density at radius 2 is 2.42 bits per heavy atom. The maximum Gasteiger partial charge on any atom is 0.408 e. The third kappa shape index (κ3) is 3.41. The highest BCUT2D eigenvalue weighted by atomic mass is 16.4. The number of aromatic nitrogens is 1. The van der Waals surface area contributed by atoms with Crippen molar-refractivity contribution in [2.75, 3.05) is 19.6 Å². The summed E-state index contributed by atoms with van der Waals surface area (Å²) in [7, 11) is 0. The van der Waals surface area contributed by atoms with E-state index in [1.165, 1.54) is 0 Å². The van der Waals surface area contributed by atoms with Crippen LogP contribution in [-0.2, 0) is 11.3 Å². The van der Waals surface area contributed by atoms with Crippen molar-refractivity contribution in [3.8, 4) is 0 Å². The van der Waals surface area contributed by atoms with E-state index in [-0.39, 0.29) is 5.91 Å². The Labute approximate surface area is 110 Å². The molecule has 0 bridgehead atoms. The van der Waals surface area contributed by atoms with E-state index < -0.39 is 12.1 Å². The first-order valence-electron chi connectivity index (χ1n) is 6.05. The molecule has 1 aromatic rings. The Morgan fingerprint density at radius 1 is 1.58 bits per heavy atom. The van der Waals surface area contributed by atoms with E-state index >= 15 is 0 Å². The molecule has 2 heterocycles. The monoisotopic (exact) mass is 264 g/mol. The zero-order chi connectivity index (χ0) is 13.7. The summed E-state index contributed by atoms with van der Waals surface area (Å²) in [5, 5.41) is 14.8. The molecule has 1 aliphatic rings. The molecule has 0 aromatic carbocycles. The summed E-state index contributed by atoms with van der Waals surface area (Å²) in [5.74, 6) is -0.293. The van der Waals surface area contributed by atoms with Crippen LogP contribution in [0.5, 0.6) is 0 Å². The van der Waals surface area contributed by atoms with Crippen LogP contribution < -0.4 is 10.6 Å². The zero-order valence-corrected chi connectivity index (χ0v) is 10.4. The van der Waals surface area contributed by atoms with Crippen molar-refractivity contribution in [3.63, 3.8) is 0 Å². The molecule has 3 N–H and O–H groups in total. The number of amides is 2. The minimum absolute atomic E-state index is 0.293. The molecule has 1 atom stereocenters. The van der Waals surface area contributed by atoms with E-state index in [4.69, 9.17) is 5.11 Å². The lowest BCUT2D eigenvalue weighted by atomic mass is 10.2. The molecular formula is C12H16N4O3. The SMILES string of the molecule is O=C(NCc1cccnc1)C1CNCCN1C(=O)O. The fourth-order valence-corrected chi connectivity index (χ4v) is 1.98. The zero-order valence-electron chi connectivity index (χ0n) is 10.4. The van der Waals surface area contributed by atoms with E-state index in [9.17, 15) is 9.59 Å². The summed E-state index contributed by atoms with van der Waals surface area (Å²) in [6, 6.07) is 2.96. The second-order valence-corrected chi connectivity index (χ2v) is 4.27. The van der Waals surface area contributed by atoms with Gasteiger partial charge in [-0.05, 0) is 11.6 Å². The van der Waals surface area contributed by atoms with Crippen molar-refractivity contribution >= 4 is 12.0 Å². The standard InChI is InChI=1S/C12H16N4O3/c17-11(15-7-9-2-1-3-13-6-9)10-8-14-4-5-16(10)12(18)19/h1-3,6,10,14H,4-5,7-8H2,(H,15,17)(H,18,19). The fourth-order valence-electron chi connectivity index (χ4n) is 1.98. The maximum atomic E-state index is 12.0. The molecule has 0 spiro atoms. The number of hydrogen-bond donors (Lipinski definition) is 3. The Balaban J connectivity index is 1.93. The van der Waals surface area contributed by atoms with Gasteiger partial charge in [0.2, 0.25) is 5.91 Å². The number of nitrogens with one attached hydrogen (secondary N) is 2. The Hall–Kier alpha value is -2.15. The predicted octanol–water partition coefficient (Wildman–Crippen LogP) is -0.350. The Bertz CT molecular complexity index is 452. The molecule has 0 aliphatic carbocycles. The van der Waals surface area contributed by atoms with Gasteiger partial charge in [0.25, 0.3) is 0 Å². The number of piperazine rings is 1. The highest BCUT2D eigenvalue weighted by Gasteiger charge is 2.31. The van der Waals surface area contributed by atoms with Crippen molar-refractivity contribution in [2.24, 2.45) is 0 Å². The van der Waals surface area contributed by atoms with E-state index in [0.717, 1.165) is 10.5 Å². The first-order chi connectivity index (χ1) is 9.18. The van der Waals surface area contributed by atoms with Gasteiger partial charge in [0, 0.05) is 38.6 Å². The molecule has 1 aromatic heterocycles. The third-order valence-electron chi connectivity index (χ3n) is 2.98. The second kappa shape index (κ2) is 6.14. The largest absolute Gasteiger partial charge is 0.465 e. The molecule has 1 aliphatic heterocycles. The van der Waals surface area contributed by atoms with Crippen LogP contribution in [0.3, 0.4) is 0 Å². The van der Waals surface area contributed by atoms with Gasteiger partial charge in [-0.3, -0.25) is 14.7 Å². The van der Waals surface area contributed by atoms with E-state index in [1.807, 2.05) is 6.07 Å². The molecule has 7 nitrogen and oxygen atoms in total. The highest BCUT2D eigenvalue weighted by Crippen LogP contribution is 2.04. The average molecular weight is 264 g/mol. The number of carbonyl (C=O) groups is 2. The molecule has 1 fully saturated rings. The molecule has 0 saturated carbocycles. The van der Waals surface area contributed by atoms with Gasteiger partial charge in [-0.25, -0.2) is 4.79 Å². The van der Waals surface area contributed by atoms with Crippen LogP contribution in [0.4, 0.5) is 4.79 Å². The van der Waals surface area contributed by atoms with Crippen LogP contribution in [0, 0.1) is 0 Å². The van der Waals surface area contributed by atoms with Crippen LogP contribution in [0.15, 0.2) is 24.5 Å². The van der Waals surface area contributed by atoms with Gasteiger partial charge in [0.05, 0.1) is 0 Å². The quantitative estimate of drug-likeness (QED) is 0.693. The normalized spacial score (nSPS) is 18.9. The minimum atomic E-state index is -1.07. The van der Waals surface area contributed by atoms with E-state index in [1.54, 1.807) is 18.5 Å². The summed E-state index contributed by atoms with van der Waals surface area (Å²) in [4.78, 5) is 28.2. The molecule has 19 heavy (non-hydrogen) atoms. The van der Waals surface area contributed by atoms with Crippen molar-refractivity contribution in [1.29, 1.82) is 0 Å². The molecule has 1 saturated heterocycles. The van der Waals surface area contributed by atoms with Crippen LogP contribution >= 0.6 is 0 Å². The Kier molecular flexibility index (Phi) is 4.30. The molecule has 2 rings (SSSR count). The lowest BCUT2D eigenvalue weighted by Crippen LogP contribution is -2.59. The smallest absolute Gasteiger partial charge is 0.408 e. The van der Waals surface area contributed by atoms with Gasteiger partial charge in [-0.2, -0.15) is 0 Å². The van der Waals surface area contributed by atoms with Crippen LogP contribution in [0.2, 0.25) is 0 Å². The van der Waals surface area contributed by atoms with E-state index in [2.05, 4.69) is 15.6 Å². The minimum Gasteiger partial charge on any atom is -0.465 e. The van der Waals surface area contributed by atoms with Gasteiger partial charge in [0.15, 0.2) is 0 Å². The fraction of sp³-hybridized carbons (Fsp3) is 0.417. The summed E-state index contributed by atoms with van der Waals surface area (Å²) < 4.78 is 0. The second-order valence-electron chi connectivity index (χ2n) is 4.27. The number of carbonyl (C=O) groups excluding carboxylic acids is 1. The molecule has 7 heteroatoms. The maximum absolute atomic E-state index is 12.0. The lowest BCUT2D eigenvalue weighted by molar-refractivity contribution is -0.126. The molecule has 102 valence electrons. The number of hydrogen-bond acceptors (Lipinski definition) is 4. The van der Waals surface area contributed by atoms with Gasteiger partial charge in [-0.15, -0.1) is 0 Å². The van der Waals surface area contributed by atoms with Crippen LogP contribution in [0.25, 0.3) is 0 Å². The van der Waals surface area contributed by atoms with Gasteiger partial charge in [0.1, 0.15) is 6.04 Å². The first-order valence-corrected chi connectivity index (χ1v) is 6.05. The van der Waals surface area contributed by atoms with Gasteiger partial charge in [-0.1, -0.05) is 6.07 Å². The highest BCUT2D eigenvalue weighted by molar-refractivity contribution is 5.85. The molecule has 2 amide bonds. The van der Waals surface area contributed by atoms with Crippen molar-refractivity contribution in [2.45, 2.75) is 12.6 Å². The van der Waals surface area contributed by atoms with Crippen molar-refractivity contribution < 1.29 is 14.7 Å². The average Bonchev–Trinajstić information content (AvgIpc) is 2.46. The van der Waals surface area contributed by atoms with Crippen molar-refractivity contribution in [3.05, 3.63) is 30.1 Å².